The maximum atomic E-state index is 13.2. The van der Waals surface area contributed by atoms with Crippen LogP contribution in [0, 0.1) is 0 Å². The second kappa shape index (κ2) is 7.82. The average molecular weight is 435 g/mol. The lowest BCUT2D eigenvalue weighted by molar-refractivity contribution is 0.0734. The van der Waals surface area contributed by atoms with E-state index in [0.29, 0.717) is 28.7 Å². The Morgan fingerprint density at radius 1 is 0.933 bits per heavy atom. The highest BCUT2D eigenvalue weighted by Gasteiger charge is 2.28. The van der Waals surface area contributed by atoms with Crippen LogP contribution in [0.25, 0.3) is 10.9 Å². The minimum atomic E-state index is -0.0535. The molecule has 0 saturated carbocycles. The van der Waals surface area contributed by atoms with Crippen LogP contribution in [0.15, 0.2) is 72.8 Å². The summed E-state index contributed by atoms with van der Waals surface area (Å²) in [5.74, 6) is -0.0535. The van der Waals surface area contributed by atoms with Gasteiger partial charge < -0.3 is 9.47 Å². The van der Waals surface area contributed by atoms with E-state index < -0.39 is 0 Å². The van der Waals surface area contributed by atoms with Gasteiger partial charge in [-0.25, -0.2) is 0 Å². The molecule has 1 aliphatic rings. The number of benzene rings is 3. The standard InChI is InChI=1S/C25H20Cl2N2O/c26-18-10-11-20(22(27)14-18)25(30)28-13-12-24-21(16-28)19-8-4-5-9-23(19)29(24)15-17-6-2-1-3-7-17/h1-11,14H,12-13,15-16H2. The zero-order valence-corrected chi connectivity index (χ0v) is 17.8. The van der Waals surface area contributed by atoms with E-state index in [1.54, 1.807) is 18.2 Å². The minimum Gasteiger partial charge on any atom is -0.340 e. The molecule has 0 fully saturated rings. The van der Waals surface area contributed by atoms with Gasteiger partial charge in [-0.2, -0.15) is 0 Å². The topological polar surface area (TPSA) is 25.2 Å². The van der Waals surface area contributed by atoms with Crippen molar-refractivity contribution in [1.82, 2.24) is 9.47 Å². The lowest BCUT2D eigenvalue weighted by Gasteiger charge is -2.29. The van der Waals surface area contributed by atoms with Crippen molar-refractivity contribution in [2.75, 3.05) is 6.54 Å². The second-order valence-corrected chi connectivity index (χ2v) is 8.46. The number of amides is 1. The van der Waals surface area contributed by atoms with E-state index >= 15 is 0 Å². The van der Waals surface area contributed by atoms with Crippen LogP contribution in [-0.2, 0) is 19.5 Å². The number of halogens is 2. The van der Waals surface area contributed by atoms with Crippen LogP contribution in [0.1, 0.15) is 27.2 Å². The molecule has 0 N–H and O–H groups in total. The molecule has 1 aliphatic heterocycles. The van der Waals surface area contributed by atoms with Gasteiger partial charge in [0.1, 0.15) is 0 Å². The average Bonchev–Trinajstić information content (AvgIpc) is 3.07. The first-order valence-corrected chi connectivity index (χ1v) is 10.7. The fourth-order valence-electron chi connectivity index (χ4n) is 4.35. The molecule has 150 valence electrons. The van der Waals surface area contributed by atoms with Crippen molar-refractivity contribution in [1.29, 1.82) is 0 Å². The molecule has 1 amide bonds. The number of carbonyl (C=O) groups is 1. The molecular weight excluding hydrogens is 415 g/mol. The number of carbonyl (C=O) groups excluding carboxylic acids is 1. The summed E-state index contributed by atoms with van der Waals surface area (Å²) in [6, 6.07) is 24.0. The number of fused-ring (bicyclic) bond motifs is 3. The molecule has 1 aromatic heterocycles. The van der Waals surface area contributed by atoms with E-state index in [0.717, 1.165) is 13.0 Å². The van der Waals surface area contributed by atoms with E-state index in [4.69, 9.17) is 23.2 Å². The predicted molar refractivity (Wildman–Crippen MR) is 122 cm³/mol. The van der Waals surface area contributed by atoms with Crippen molar-refractivity contribution in [2.24, 2.45) is 0 Å². The summed E-state index contributed by atoms with van der Waals surface area (Å²) in [6.07, 6.45) is 0.813. The maximum Gasteiger partial charge on any atom is 0.255 e. The fourth-order valence-corrected chi connectivity index (χ4v) is 4.84. The van der Waals surface area contributed by atoms with Gasteiger partial charge in [-0.15, -0.1) is 0 Å². The van der Waals surface area contributed by atoms with E-state index in [1.165, 1.54) is 27.7 Å². The van der Waals surface area contributed by atoms with Crippen LogP contribution in [-0.4, -0.2) is 21.9 Å². The third-order valence-corrected chi connectivity index (χ3v) is 6.34. The number of hydrogen-bond acceptors (Lipinski definition) is 1. The largest absolute Gasteiger partial charge is 0.340 e. The van der Waals surface area contributed by atoms with E-state index in [1.807, 2.05) is 11.0 Å². The van der Waals surface area contributed by atoms with Gasteiger partial charge in [0.2, 0.25) is 0 Å². The van der Waals surface area contributed by atoms with E-state index in [2.05, 4.69) is 53.1 Å². The first-order valence-electron chi connectivity index (χ1n) is 9.99. The van der Waals surface area contributed by atoms with Crippen LogP contribution >= 0.6 is 23.2 Å². The number of hydrogen-bond donors (Lipinski definition) is 0. The Balaban J connectivity index is 1.52. The van der Waals surface area contributed by atoms with Crippen molar-refractivity contribution in [2.45, 2.75) is 19.5 Å². The predicted octanol–water partition coefficient (Wildman–Crippen LogP) is 6.19. The Kier molecular flexibility index (Phi) is 5.01. The van der Waals surface area contributed by atoms with Crippen molar-refractivity contribution in [3.05, 3.63) is 105 Å². The zero-order valence-electron chi connectivity index (χ0n) is 16.3. The SMILES string of the molecule is O=C(c1ccc(Cl)cc1Cl)N1CCc2c(c3ccccc3n2Cc2ccccc2)C1. The third-order valence-electron chi connectivity index (χ3n) is 5.79. The Labute approximate surface area is 185 Å². The maximum absolute atomic E-state index is 13.2. The van der Waals surface area contributed by atoms with Gasteiger partial charge in [-0.3, -0.25) is 4.79 Å². The molecule has 0 atom stereocenters. The smallest absolute Gasteiger partial charge is 0.255 e. The molecular formula is C25H20Cl2N2O. The molecule has 3 nitrogen and oxygen atoms in total. The van der Waals surface area contributed by atoms with Gasteiger partial charge in [0, 0.05) is 53.2 Å². The molecule has 0 bridgehead atoms. The lowest BCUT2D eigenvalue weighted by Crippen LogP contribution is -2.36. The molecule has 0 aliphatic carbocycles. The molecule has 5 heteroatoms. The van der Waals surface area contributed by atoms with Crippen molar-refractivity contribution in [3.8, 4) is 0 Å². The van der Waals surface area contributed by atoms with Gasteiger partial charge in [0.25, 0.3) is 5.91 Å². The summed E-state index contributed by atoms with van der Waals surface area (Å²) in [6.45, 7) is 2.07. The first kappa shape index (κ1) is 19.2. The molecule has 0 radical (unpaired) electrons. The number of aromatic nitrogens is 1. The van der Waals surface area contributed by atoms with Gasteiger partial charge in [-0.05, 0) is 29.8 Å². The summed E-state index contributed by atoms with van der Waals surface area (Å²) in [7, 11) is 0. The molecule has 30 heavy (non-hydrogen) atoms. The molecule has 0 saturated heterocycles. The van der Waals surface area contributed by atoms with Crippen LogP contribution in [0.5, 0.6) is 0 Å². The fraction of sp³-hybridized carbons (Fsp3) is 0.160. The second-order valence-electron chi connectivity index (χ2n) is 7.62. The molecule has 2 heterocycles. The van der Waals surface area contributed by atoms with Crippen LogP contribution < -0.4 is 0 Å². The number of nitrogens with zero attached hydrogens (tertiary/aromatic N) is 2. The van der Waals surface area contributed by atoms with Gasteiger partial charge in [-0.1, -0.05) is 71.7 Å². The Hall–Kier alpha value is -2.75. The number of rotatable bonds is 3. The highest BCUT2D eigenvalue weighted by atomic mass is 35.5. The summed E-state index contributed by atoms with van der Waals surface area (Å²) in [4.78, 5) is 15.1. The lowest BCUT2D eigenvalue weighted by atomic mass is 10.0. The highest BCUT2D eigenvalue weighted by Crippen LogP contribution is 2.33. The van der Waals surface area contributed by atoms with Crippen molar-refractivity contribution >= 4 is 40.0 Å². The Morgan fingerprint density at radius 2 is 1.70 bits per heavy atom. The van der Waals surface area contributed by atoms with Gasteiger partial charge in [0.05, 0.1) is 10.6 Å². The molecule has 4 aromatic rings. The molecule has 0 unspecified atom stereocenters. The Morgan fingerprint density at radius 3 is 2.50 bits per heavy atom. The normalized spacial score (nSPS) is 13.5. The third kappa shape index (κ3) is 3.38. The summed E-state index contributed by atoms with van der Waals surface area (Å²) in [5.41, 5.74) is 5.52. The Bertz CT molecular complexity index is 1250. The summed E-state index contributed by atoms with van der Waals surface area (Å²) >= 11 is 12.3. The van der Waals surface area contributed by atoms with Gasteiger partial charge >= 0.3 is 0 Å². The molecule has 0 spiro atoms. The van der Waals surface area contributed by atoms with Crippen LogP contribution in [0.4, 0.5) is 0 Å². The monoisotopic (exact) mass is 434 g/mol. The quantitative estimate of drug-likeness (QED) is 0.377. The van der Waals surface area contributed by atoms with E-state index in [-0.39, 0.29) is 5.91 Å². The summed E-state index contributed by atoms with van der Waals surface area (Å²) < 4.78 is 2.40. The van der Waals surface area contributed by atoms with Crippen molar-refractivity contribution < 1.29 is 4.79 Å². The molecule has 3 aromatic carbocycles. The van der Waals surface area contributed by atoms with Crippen molar-refractivity contribution in [3.63, 3.8) is 0 Å². The minimum absolute atomic E-state index is 0.0535. The first-order chi connectivity index (χ1) is 14.6. The van der Waals surface area contributed by atoms with E-state index in [9.17, 15) is 4.79 Å². The van der Waals surface area contributed by atoms with Gasteiger partial charge in [0.15, 0.2) is 0 Å². The van der Waals surface area contributed by atoms with Crippen LogP contribution in [0.3, 0.4) is 0 Å². The van der Waals surface area contributed by atoms with Crippen LogP contribution in [0.2, 0.25) is 10.0 Å². The zero-order chi connectivity index (χ0) is 20.7. The number of para-hydroxylation sites is 1. The summed E-state index contributed by atoms with van der Waals surface area (Å²) in [5, 5.41) is 2.13. The molecule has 5 rings (SSSR count). The highest BCUT2D eigenvalue weighted by molar-refractivity contribution is 6.36.